The van der Waals surface area contributed by atoms with Crippen LogP contribution in [-0.2, 0) is 16.5 Å². The van der Waals surface area contributed by atoms with Gasteiger partial charge in [-0.3, -0.25) is 9.97 Å². The second-order valence-electron chi connectivity index (χ2n) is 7.74. The van der Waals surface area contributed by atoms with Crippen molar-refractivity contribution < 1.29 is 26.7 Å². The maximum atomic E-state index is 11.7. The van der Waals surface area contributed by atoms with Crippen LogP contribution in [0.25, 0.3) is 21.8 Å². The molecular weight excluding hydrogens is 539 g/mol. The van der Waals surface area contributed by atoms with Crippen LogP contribution in [0.4, 0.5) is 23.0 Å². The van der Waals surface area contributed by atoms with Gasteiger partial charge in [-0.2, -0.15) is 0 Å². The zero-order valence-electron chi connectivity index (χ0n) is 20.1. The number of pyridine rings is 4. The number of rotatable bonds is 4. The van der Waals surface area contributed by atoms with Gasteiger partial charge >= 0.3 is 0 Å². The molecule has 6 rings (SSSR count). The minimum absolute atomic E-state index is 0. The zero-order chi connectivity index (χ0) is 26.2. The molecule has 0 saturated carbocycles. The monoisotopic (exact) mass is 556 g/mol. The fourth-order valence-corrected chi connectivity index (χ4v) is 3.46. The van der Waals surface area contributed by atoms with Gasteiger partial charge in [-0.15, -0.1) is 20.5 Å². The van der Waals surface area contributed by atoms with Crippen molar-refractivity contribution in [2.24, 2.45) is 20.5 Å². The molecule has 0 N–H and O–H groups in total. The summed E-state index contributed by atoms with van der Waals surface area (Å²) in [5, 5.41) is 40.7. The molecule has 0 saturated heterocycles. The van der Waals surface area contributed by atoms with Crippen molar-refractivity contribution >= 4 is 44.8 Å². The van der Waals surface area contributed by atoms with Crippen LogP contribution in [0.15, 0.2) is 130 Å². The Morgan fingerprint density at radius 3 is 1.28 bits per heavy atom. The first-order valence-corrected chi connectivity index (χ1v) is 11.4. The van der Waals surface area contributed by atoms with Gasteiger partial charge < -0.3 is 10.2 Å². The van der Waals surface area contributed by atoms with Gasteiger partial charge in [0.05, 0.1) is 11.0 Å². The van der Waals surface area contributed by atoms with Gasteiger partial charge in [0.15, 0.2) is 11.6 Å². The smallest absolute Gasteiger partial charge is 0.174 e. The molecule has 11 heteroatoms. The maximum Gasteiger partial charge on any atom is 0.174 e. The Bertz CT molecular complexity index is 1620. The van der Waals surface area contributed by atoms with Crippen LogP contribution >= 0.6 is 0 Å². The molecule has 4 heterocycles. The second-order valence-corrected chi connectivity index (χ2v) is 7.74. The van der Waals surface area contributed by atoms with E-state index in [2.05, 4.69) is 40.4 Å². The molecule has 0 atom stereocenters. The molecule has 0 unspecified atom stereocenters. The van der Waals surface area contributed by atoms with Crippen molar-refractivity contribution in [2.45, 2.75) is 0 Å². The molecule has 0 aliphatic rings. The quantitative estimate of drug-likeness (QED) is 0.185. The number of benzene rings is 2. The molecule has 6 aromatic rings. The van der Waals surface area contributed by atoms with Gasteiger partial charge in [0.2, 0.25) is 0 Å². The molecule has 39 heavy (non-hydrogen) atoms. The van der Waals surface area contributed by atoms with Crippen molar-refractivity contribution in [1.29, 1.82) is 0 Å². The predicted octanol–water partition coefficient (Wildman–Crippen LogP) is 6.24. The first kappa shape index (κ1) is 26.9. The maximum absolute atomic E-state index is 11.7. The minimum Gasteiger partial charge on any atom is -0.872 e. The Balaban J connectivity index is 0.000000176. The number of fused-ring (bicyclic) bond motifs is 2. The zero-order valence-corrected chi connectivity index (χ0v) is 21.1. The summed E-state index contributed by atoms with van der Waals surface area (Å²) in [7, 11) is 0. The molecule has 0 aliphatic carbocycles. The number of aromatic nitrogens is 4. The van der Waals surface area contributed by atoms with Gasteiger partial charge in [0, 0.05) is 41.3 Å². The van der Waals surface area contributed by atoms with E-state index in [0.717, 1.165) is 0 Å². The Morgan fingerprint density at radius 2 is 0.872 bits per heavy atom. The van der Waals surface area contributed by atoms with Crippen LogP contribution in [0.1, 0.15) is 0 Å². The van der Waals surface area contributed by atoms with Crippen molar-refractivity contribution in [1.82, 2.24) is 19.9 Å². The summed E-state index contributed by atoms with van der Waals surface area (Å²) >= 11 is 0. The third-order valence-electron chi connectivity index (χ3n) is 5.24. The molecule has 0 aliphatic heterocycles. The SMILES string of the molecule is [Ni].[O-]c1ccc(N=Nc2ccccn2)c2ncccc12.[O-]c1ccc(N=Nc2ccccn2)c2ncccc12. The molecular formula is C28H18N8NiO2-2. The van der Waals surface area contributed by atoms with Crippen LogP contribution < -0.4 is 10.2 Å². The van der Waals surface area contributed by atoms with Gasteiger partial charge in [0.25, 0.3) is 0 Å². The third-order valence-corrected chi connectivity index (χ3v) is 5.24. The van der Waals surface area contributed by atoms with E-state index in [-0.39, 0.29) is 28.0 Å². The first-order valence-electron chi connectivity index (χ1n) is 11.4. The topological polar surface area (TPSA) is 147 Å². The third kappa shape index (κ3) is 6.60. The number of nitrogens with zero attached hydrogens (tertiary/aromatic N) is 8. The van der Waals surface area contributed by atoms with Crippen molar-refractivity contribution in [3.8, 4) is 11.5 Å². The summed E-state index contributed by atoms with van der Waals surface area (Å²) in [6.07, 6.45) is 6.54. The molecule has 0 radical (unpaired) electrons. The molecule has 194 valence electrons. The number of hydrogen-bond acceptors (Lipinski definition) is 10. The fourth-order valence-electron chi connectivity index (χ4n) is 3.46. The molecule has 4 aromatic heterocycles. The van der Waals surface area contributed by atoms with Crippen molar-refractivity contribution in [3.05, 3.63) is 110 Å². The standard InChI is InChI=1S/2C14H10N4O.Ni/c2*19-12-7-6-11(14-10(12)4-3-9-16-14)17-18-13-5-1-2-8-15-13;/h2*1-9,19H;/p-2. The van der Waals surface area contributed by atoms with Crippen LogP contribution in [0, 0.1) is 0 Å². The van der Waals surface area contributed by atoms with Gasteiger partial charge in [0.1, 0.15) is 11.4 Å². The summed E-state index contributed by atoms with van der Waals surface area (Å²) in [5.41, 5.74) is 2.21. The average Bonchev–Trinajstić information content (AvgIpc) is 2.98. The van der Waals surface area contributed by atoms with E-state index in [1.54, 1.807) is 73.3 Å². The van der Waals surface area contributed by atoms with Crippen molar-refractivity contribution in [3.63, 3.8) is 0 Å². The Hall–Kier alpha value is -5.15. The van der Waals surface area contributed by atoms with Crippen molar-refractivity contribution in [2.75, 3.05) is 0 Å². The van der Waals surface area contributed by atoms with E-state index < -0.39 is 0 Å². The predicted molar refractivity (Wildman–Crippen MR) is 139 cm³/mol. The Labute approximate surface area is 232 Å². The van der Waals surface area contributed by atoms with E-state index >= 15 is 0 Å². The van der Waals surface area contributed by atoms with Gasteiger partial charge in [-0.05, 0) is 59.3 Å². The first-order chi connectivity index (χ1) is 18.7. The summed E-state index contributed by atoms with van der Waals surface area (Å²) in [6.45, 7) is 0. The van der Waals surface area contributed by atoms with Crippen LogP contribution in [0.5, 0.6) is 11.5 Å². The molecule has 0 fully saturated rings. The summed E-state index contributed by atoms with van der Waals surface area (Å²) < 4.78 is 0. The second kappa shape index (κ2) is 12.9. The molecule has 2 aromatic carbocycles. The Kier molecular flexibility index (Phi) is 8.89. The summed E-state index contributed by atoms with van der Waals surface area (Å²) in [4.78, 5) is 16.5. The molecule has 10 nitrogen and oxygen atoms in total. The summed E-state index contributed by atoms with van der Waals surface area (Å²) in [5.74, 6) is 0.885. The number of azo groups is 2. The Morgan fingerprint density at radius 1 is 0.436 bits per heavy atom. The van der Waals surface area contributed by atoms with E-state index in [4.69, 9.17) is 0 Å². The van der Waals surface area contributed by atoms with E-state index in [9.17, 15) is 10.2 Å². The number of hydrogen-bond donors (Lipinski definition) is 0. The van der Waals surface area contributed by atoms with E-state index in [1.165, 1.54) is 12.1 Å². The van der Waals surface area contributed by atoms with Crippen LogP contribution in [0.3, 0.4) is 0 Å². The van der Waals surface area contributed by atoms with E-state index in [0.29, 0.717) is 44.8 Å². The van der Waals surface area contributed by atoms with Crippen LogP contribution in [0.2, 0.25) is 0 Å². The van der Waals surface area contributed by atoms with Gasteiger partial charge in [-0.1, -0.05) is 47.9 Å². The summed E-state index contributed by atoms with van der Waals surface area (Å²) in [6, 6.07) is 23.9. The largest absolute Gasteiger partial charge is 0.872 e. The average molecular weight is 557 g/mol. The fraction of sp³-hybridized carbons (Fsp3) is 0. The molecule has 0 spiro atoms. The molecule has 0 bridgehead atoms. The van der Waals surface area contributed by atoms with Crippen LogP contribution in [-0.4, -0.2) is 19.9 Å². The normalized spacial score (nSPS) is 10.9. The van der Waals surface area contributed by atoms with Gasteiger partial charge in [-0.25, -0.2) is 9.97 Å². The van der Waals surface area contributed by atoms with E-state index in [1.807, 2.05) is 24.3 Å². The molecule has 0 amide bonds. The minimum atomic E-state index is -0.0695.